The van der Waals surface area contributed by atoms with Crippen LogP contribution < -0.4 is 0 Å². The van der Waals surface area contributed by atoms with Crippen LogP contribution in [0.5, 0.6) is 0 Å². The Bertz CT molecular complexity index is 650. The van der Waals surface area contributed by atoms with Crippen LogP contribution in [0.1, 0.15) is 15.9 Å². The van der Waals surface area contributed by atoms with E-state index in [-0.39, 0.29) is 21.7 Å². The predicted octanol–water partition coefficient (Wildman–Crippen LogP) is 0.678. The van der Waals surface area contributed by atoms with Crippen LogP contribution in [0.4, 0.5) is 5.69 Å². The molecule has 0 bridgehead atoms. The predicted molar refractivity (Wildman–Crippen MR) is 57.1 cm³/mol. The minimum absolute atomic E-state index is 0.0745. The summed E-state index contributed by atoms with van der Waals surface area (Å²) in [7, 11) is -2.71. The number of carbonyl (C=O) groups is 1. The van der Waals surface area contributed by atoms with E-state index in [1.807, 2.05) is 0 Å². The Morgan fingerprint density at radius 3 is 2.47 bits per heavy atom. The molecular formula is C9H8N2O5S. The van der Waals surface area contributed by atoms with Crippen LogP contribution in [0.2, 0.25) is 0 Å². The third kappa shape index (κ3) is 1.34. The Morgan fingerprint density at radius 1 is 1.35 bits per heavy atom. The van der Waals surface area contributed by atoms with Crippen LogP contribution >= 0.6 is 0 Å². The van der Waals surface area contributed by atoms with Crippen molar-refractivity contribution in [3.05, 3.63) is 33.4 Å². The molecule has 1 aliphatic rings. The number of benzene rings is 1. The van der Waals surface area contributed by atoms with Crippen LogP contribution in [-0.2, 0) is 10.0 Å². The number of amides is 1. The molecule has 2 rings (SSSR count). The summed E-state index contributed by atoms with van der Waals surface area (Å²) in [6, 6.07) is 2.19. The highest BCUT2D eigenvalue weighted by molar-refractivity contribution is 7.90. The lowest BCUT2D eigenvalue weighted by molar-refractivity contribution is -0.385. The number of rotatable bonds is 1. The van der Waals surface area contributed by atoms with Crippen LogP contribution in [0, 0.1) is 17.0 Å². The smallest absolute Gasteiger partial charge is 0.268 e. The zero-order valence-electron chi connectivity index (χ0n) is 9.00. The van der Waals surface area contributed by atoms with E-state index in [1.165, 1.54) is 6.92 Å². The number of hydrogen-bond donors (Lipinski definition) is 0. The van der Waals surface area contributed by atoms with E-state index in [0.717, 1.165) is 19.2 Å². The molecule has 1 aromatic rings. The standard InChI is InChI=1S/C9H8N2O5S/c1-5-6(11(13)14)3-4-7-8(5)9(12)10(2)17(7,15)16/h3-4H,1-2H3. The number of nitrogens with zero attached hydrogens (tertiary/aromatic N) is 2. The number of nitro benzene ring substituents is 1. The average molecular weight is 256 g/mol. The molecule has 0 spiro atoms. The van der Waals surface area contributed by atoms with Crippen LogP contribution in [0.25, 0.3) is 0 Å². The number of hydrogen-bond acceptors (Lipinski definition) is 5. The summed E-state index contributed by atoms with van der Waals surface area (Å²) in [6.07, 6.45) is 0. The second-order valence-electron chi connectivity index (χ2n) is 3.62. The van der Waals surface area contributed by atoms with Gasteiger partial charge in [-0.05, 0) is 13.0 Å². The second-order valence-corrected chi connectivity index (χ2v) is 5.56. The Morgan fingerprint density at radius 2 is 1.94 bits per heavy atom. The molecule has 1 aromatic carbocycles. The highest BCUT2D eigenvalue weighted by Crippen LogP contribution is 2.35. The van der Waals surface area contributed by atoms with Gasteiger partial charge in [-0.2, -0.15) is 0 Å². The van der Waals surface area contributed by atoms with E-state index >= 15 is 0 Å². The van der Waals surface area contributed by atoms with Gasteiger partial charge >= 0.3 is 0 Å². The molecule has 1 aliphatic heterocycles. The highest BCUT2D eigenvalue weighted by atomic mass is 32.2. The van der Waals surface area contributed by atoms with Crippen molar-refractivity contribution in [2.24, 2.45) is 0 Å². The quantitative estimate of drug-likeness (QED) is 0.543. The van der Waals surface area contributed by atoms with Crippen molar-refractivity contribution in [1.82, 2.24) is 4.31 Å². The fraction of sp³-hybridized carbons (Fsp3) is 0.222. The monoisotopic (exact) mass is 256 g/mol. The molecule has 17 heavy (non-hydrogen) atoms. The van der Waals surface area contributed by atoms with Crippen LogP contribution in [0.3, 0.4) is 0 Å². The largest absolute Gasteiger partial charge is 0.273 e. The van der Waals surface area contributed by atoms with Crippen molar-refractivity contribution in [2.75, 3.05) is 7.05 Å². The van der Waals surface area contributed by atoms with Gasteiger partial charge in [0.25, 0.3) is 21.6 Å². The Hall–Kier alpha value is -1.96. The molecule has 7 nitrogen and oxygen atoms in total. The lowest BCUT2D eigenvalue weighted by Crippen LogP contribution is -2.25. The molecule has 0 saturated carbocycles. The molecule has 90 valence electrons. The summed E-state index contributed by atoms with van der Waals surface area (Å²) < 4.78 is 24.1. The lowest BCUT2D eigenvalue weighted by Gasteiger charge is -2.05. The van der Waals surface area contributed by atoms with E-state index < -0.39 is 20.9 Å². The van der Waals surface area contributed by atoms with Crippen molar-refractivity contribution in [1.29, 1.82) is 0 Å². The molecule has 1 heterocycles. The molecule has 1 amide bonds. The summed E-state index contributed by atoms with van der Waals surface area (Å²) in [5, 5.41) is 10.7. The normalized spacial score (nSPS) is 17.1. The maximum Gasteiger partial charge on any atom is 0.273 e. The number of carbonyl (C=O) groups excluding carboxylic acids is 1. The van der Waals surface area contributed by atoms with E-state index in [0.29, 0.717) is 4.31 Å². The maximum absolute atomic E-state index is 11.8. The van der Waals surface area contributed by atoms with Gasteiger partial charge in [-0.1, -0.05) is 0 Å². The van der Waals surface area contributed by atoms with Gasteiger partial charge in [-0.25, -0.2) is 12.7 Å². The fourth-order valence-corrected chi connectivity index (χ4v) is 3.11. The summed E-state index contributed by atoms with van der Waals surface area (Å²) in [6.45, 7) is 1.36. The zero-order chi connectivity index (χ0) is 13.0. The Balaban J connectivity index is 2.85. The molecule has 0 aromatic heterocycles. The van der Waals surface area contributed by atoms with Crippen molar-refractivity contribution >= 4 is 21.6 Å². The molecule has 0 aliphatic carbocycles. The SMILES string of the molecule is Cc1c([N+](=O)[O-])ccc2c1C(=O)N(C)S2(=O)=O. The molecule has 8 heteroatoms. The summed E-state index contributed by atoms with van der Waals surface area (Å²) >= 11 is 0. The second kappa shape index (κ2) is 3.27. The molecule has 0 atom stereocenters. The third-order valence-corrected chi connectivity index (χ3v) is 4.52. The molecule has 0 N–H and O–H groups in total. The van der Waals surface area contributed by atoms with Crippen molar-refractivity contribution in [3.63, 3.8) is 0 Å². The minimum Gasteiger partial charge on any atom is -0.268 e. The van der Waals surface area contributed by atoms with Crippen LogP contribution in [0.15, 0.2) is 17.0 Å². The third-order valence-electron chi connectivity index (χ3n) is 2.73. The molecule has 0 saturated heterocycles. The van der Waals surface area contributed by atoms with Gasteiger partial charge in [-0.15, -0.1) is 0 Å². The minimum atomic E-state index is -3.84. The fourth-order valence-electron chi connectivity index (χ4n) is 1.77. The van der Waals surface area contributed by atoms with Crippen molar-refractivity contribution < 1.29 is 18.1 Å². The number of sulfonamides is 1. The highest BCUT2D eigenvalue weighted by Gasteiger charge is 2.41. The average Bonchev–Trinajstić information content (AvgIpc) is 2.41. The van der Waals surface area contributed by atoms with Crippen LogP contribution in [-0.4, -0.2) is 30.6 Å². The van der Waals surface area contributed by atoms with Gasteiger partial charge < -0.3 is 0 Å². The van der Waals surface area contributed by atoms with Gasteiger partial charge in [0.2, 0.25) is 0 Å². The number of fused-ring (bicyclic) bond motifs is 1. The van der Waals surface area contributed by atoms with Crippen molar-refractivity contribution in [2.45, 2.75) is 11.8 Å². The molecule has 0 unspecified atom stereocenters. The first-order valence-electron chi connectivity index (χ1n) is 4.59. The number of nitro groups is 1. The summed E-state index contributed by atoms with van der Waals surface area (Å²) in [5.41, 5.74) is -0.297. The van der Waals surface area contributed by atoms with Gasteiger partial charge in [0.15, 0.2) is 0 Å². The molecule has 0 radical (unpaired) electrons. The van der Waals surface area contributed by atoms with E-state index in [9.17, 15) is 23.3 Å². The summed E-state index contributed by atoms with van der Waals surface area (Å²) in [4.78, 5) is 21.6. The first kappa shape index (κ1) is 11.5. The molecular weight excluding hydrogens is 248 g/mol. The van der Waals surface area contributed by atoms with Crippen molar-refractivity contribution in [3.8, 4) is 0 Å². The molecule has 0 fully saturated rings. The van der Waals surface area contributed by atoms with Gasteiger partial charge in [-0.3, -0.25) is 14.9 Å². The Labute approximate surface area is 96.9 Å². The van der Waals surface area contributed by atoms with Gasteiger partial charge in [0.05, 0.1) is 10.5 Å². The van der Waals surface area contributed by atoms with E-state index in [1.54, 1.807) is 0 Å². The van der Waals surface area contributed by atoms with Gasteiger partial charge in [0.1, 0.15) is 4.90 Å². The maximum atomic E-state index is 11.8. The van der Waals surface area contributed by atoms with E-state index in [2.05, 4.69) is 0 Å². The van der Waals surface area contributed by atoms with E-state index in [4.69, 9.17) is 0 Å². The van der Waals surface area contributed by atoms with Gasteiger partial charge in [0, 0.05) is 18.7 Å². The Kier molecular flexibility index (Phi) is 2.21. The zero-order valence-corrected chi connectivity index (χ0v) is 9.82. The lowest BCUT2D eigenvalue weighted by atomic mass is 10.1. The summed E-state index contributed by atoms with van der Waals surface area (Å²) in [5.74, 6) is -0.735. The topological polar surface area (TPSA) is 97.6 Å². The first-order valence-corrected chi connectivity index (χ1v) is 6.03. The first-order chi connectivity index (χ1) is 7.78.